The van der Waals surface area contributed by atoms with Crippen LogP contribution >= 0.6 is 0 Å². The summed E-state index contributed by atoms with van der Waals surface area (Å²) in [7, 11) is 12.1. The van der Waals surface area contributed by atoms with Gasteiger partial charge >= 0.3 is 0 Å². The zero-order valence-electron chi connectivity index (χ0n) is 75.9. The van der Waals surface area contributed by atoms with Gasteiger partial charge in [-0.2, -0.15) is 0 Å². The van der Waals surface area contributed by atoms with E-state index in [1.165, 1.54) is 110 Å². The fraction of sp³-hybridized carbons (Fsp3) is 0.662. The number of aliphatic imine (C=N–C) groups is 4. The minimum absolute atomic E-state index is 0.0524. The molecule has 6 fully saturated rings. The third-order valence-corrected chi connectivity index (χ3v) is 23.2. The molecular weight excluding hydrogens is 1740 g/mol. The van der Waals surface area contributed by atoms with Crippen LogP contribution in [0.15, 0.2) is 85.9 Å². The van der Waals surface area contributed by atoms with Crippen molar-refractivity contribution in [3.05, 3.63) is 106 Å². The van der Waals surface area contributed by atoms with E-state index < -0.39 is 157 Å². The molecule has 0 bridgehead atoms. The predicted octanol–water partition coefficient (Wildman–Crippen LogP) is 0.361. The number of nitrogens with one attached hydrogen (secondary N) is 5. The number of aromatic amines is 2. The number of aliphatic hydroxyl groups excluding tert-OH is 6. The number of nitrogens with zero attached hydrogens (tertiary/aromatic N) is 17. The van der Waals surface area contributed by atoms with Crippen molar-refractivity contribution in [2.75, 3.05) is 119 Å². The molecule has 7 aromatic heterocycles. The van der Waals surface area contributed by atoms with Crippen LogP contribution in [0.2, 0.25) is 0 Å². The smallest absolute Gasteiger partial charge is 0.279 e. The Balaban J connectivity index is 0.000000142. The summed E-state index contributed by atoms with van der Waals surface area (Å²) >= 11 is 0. The number of alkyl halides is 2. The number of hydrogen-bond donors (Lipinski definition) is 15. The molecule has 0 spiro atoms. The van der Waals surface area contributed by atoms with E-state index in [-0.39, 0.29) is 67.0 Å². The molecule has 0 aromatic carbocycles. The molecule has 17 heterocycles. The maximum Gasteiger partial charge on any atom is 0.279 e. The number of imidazole rings is 5. The number of methoxy groups -OCH3 is 8. The van der Waals surface area contributed by atoms with Gasteiger partial charge in [-0.05, 0) is 82.2 Å². The van der Waals surface area contributed by atoms with Crippen molar-refractivity contribution < 1.29 is 126 Å². The Hall–Kier alpha value is -9.61. The first-order chi connectivity index (χ1) is 62.0. The van der Waals surface area contributed by atoms with Crippen molar-refractivity contribution in [1.29, 1.82) is 0 Å². The average molecular weight is 1860 g/mol. The zero-order chi connectivity index (χ0) is 95.6. The van der Waals surface area contributed by atoms with Gasteiger partial charge in [-0.15, -0.1) is 0 Å². The van der Waals surface area contributed by atoms with Gasteiger partial charge in [0.15, 0.2) is 89.7 Å². The number of anilines is 3. The van der Waals surface area contributed by atoms with Gasteiger partial charge in [0, 0.05) is 76.1 Å². The summed E-state index contributed by atoms with van der Waals surface area (Å²) in [6.07, 6.45) is -5.87. The highest BCUT2D eigenvalue weighted by atomic mass is 19.1. The lowest BCUT2D eigenvalue weighted by molar-refractivity contribution is -0.0964. The minimum atomic E-state index is -2.07. The normalized spacial score (nSPS) is 34.4. The number of halogens is 2. The largest absolute Gasteiger partial charge is 0.388 e. The van der Waals surface area contributed by atoms with Crippen LogP contribution in [0.25, 0.3) is 22.3 Å². The summed E-state index contributed by atoms with van der Waals surface area (Å²) in [5.74, 6) is 5.43. The molecule has 3 unspecified atom stereocenters. The van der Waals surface area contributed by atoms with E-state index in [1.54, 1.807) is 74.0 Å². The highest BCUT2D eigenvalue weighted by Gasteiger charge is 2.60. The Morgan fingerprint density at radius 3 is 1.18 bits per heavy atom. The molecule has 0 radical (unpaired) electrons. The number of aromatic nitrogens is 14. The molecule has 0 aliphatic carbocycles. The van der Waals surface area contributed by atoms with Crippen molar-refractivity contribution in [2.24, 2.45) is 25.7 Å². The monoisotopic (exact) mass is 1860 g/mol. The SMILES string of the molecule is C=C1N=C(N)C=CN1[C@@H]1O[C@H](COC)C[C@H]1O.CCOC1N=C(C)Nc2c1ncn2[C@@H]1O[C@H](COC)[C@@H](O)[C@@]1(C)O.COC[C@H]1O[C@@H](n2cnc3c(=O)[nH]c(C)nc32)[C@](C)(F)[C@@H]1O.COC[C@H]1O[C@@H](n2cnc3c(=O)[nH]c(C)nc32)[C@](C)(O)[C@@H]1O.COC[C@H]1O[C@@H](n2cnc3c2NC(C)=NC3OC)[C@](C)(F)[C@@H]1O.COC[C@H]1O[C@@H](n2cnc3c2NC(C)=NC3OC)[C@](C)(O)[C@@H]1O. The Kier molecular flexibility index (Phi) is 31.5. The van der Waals surface area contributed by atoms with Gasteiger partial charge in [0.2, 0.25) is 0 Å². The highest BCUT2D eigenvalue weighted by Crippen LogP contribution is 2.49. The van der Waals surface area contributed by atoms with E-state index in [4.69, 9.17) is 76.8 Å². The molecule has 51 heteroatoms. The maximum atomic E-state index is 15.1. The van der Waals surface area contributed by atoms with Crippen LogP contribution < -0.4 is 32.8 Å². The summed E-state index contributed by atoms with van der Waals surface area (Å²) in [4.78, 5) is 76.8. The van der Waals surface area contributed by atoms with E-state index in [1.807, 2.05) is 20.8 Å². The molecule has 7 aromatic rings. The van der Waals surface area contributed by atoms with Crippen LogP contribution in [0.5, 0.6) is 0 Å². The molecule has 10 aliphatic heterocycles. The third kappa shape index (κ3) is 20.1. The van der Waals surface area contributed by atoms with Gasteiger partial charge in [0.1, 0.15) is 159 Å². The molecule has 6 saturated heterocycles. The molecule has 26 atom stereocenters. The summed E-state index contributed by atoms with van der Waals surface area (Å²) < 4.78 is 118. The highest BCUT2D eigenvalue weighted by molar-refractivity contribution is 5.96. The lowest BCUT2D eigenvalue weighted by Crippen LogP contribution is -2.44. The maximum absolute atomic E-state index is 15.1. The van der Waals surface area contributed by atoms with Crippen molar-refractivity contribution in [3.8, 4) is 0 Å². The molecule has 131 heavy (non-hydrogen) atoms. The average Bonchev–Trinajstić information content (AvgIpc) is 1.62. The van der Waals surface area contributed by atoms with E-state index >= 15 is 4.39 Å². The van der Waals surface area contributed by atoms with Crippen LogP contribution in [-0.2, 0) is 71.1 Å². The van der Waals surface area contributed by atoms with Crippen LogP contribution in [0.1, 0.15) is 147 Å². The van der Waals surface area contributed by atoms with Crippen LogP contribution in [0, 0.1) is 13.8 Å². The number of aliphatic hydroxyl groups is 9. The summed E-state index contributed by atoms with van der Waals surface area (Å²) in [6.45, 7) is 23.0. The Bertz CT molecular complexity index is 5160. The van der Waals surface area contributed by atoms with Gasteiger partial charge in [-0.1, -0.05) is 6.58 Å². The predicted molar refractivity (Wildman–Crippen MR) is 459 cm³/mol. The van der Waals surface area contributed by atoms with E-state index in [9.17, 15) is 59.9 Å². The number of ether oxygens (including phenoxy) is 15. The zero-order valence-corrected chi connectivity index (χ0v) is 75.9. The van der Waals surface area contributed by atoms with Crippen LogP contribution in [0.4, 0.5) is 26.2 Å². The van der Waals surface area contributed by atoms with Gasteiger partial charge in [0.05, 0.1) is 77.4 Å². The molecule has 0 saturated carbocycles. The lowest BCUT2D eigenvalue weighted by Gasteiger charge is -2.30. The quantitative estimate of drug-likeness (QED) is 0.0436. The molecule has 10 aliphatic rings. The van der Waals surface area contributed by atoms with Crippen molar-refractivity contribution in [1.82, 2.24) is 72.6 Å². The second-order valence-corrected chi connectivity index (χ2v) is 33.3. The standard InChI is InChI=1S/C15H24N4O5.C14H21FN4O4.C14H22N4O5.C13H17FN4O4.C13H18N4O5.C11H17N3O3/c1-5-23-13-10-12(17-8(2)18-13)19(7-16-10)14-15(3,21)11(20)9(24-14)6-22-4;1-7-17-11-9(12(18-7)22-4)16-6-19(11)13-14(2,15)10(20)8(23-13)5-21-3;1-7-16-11-9(12(17-7)22-4)15-6-18(11)13-14(2,20)10(19)8(23-13)5-21-3;1-6-16-10-8(11(20)17-6)15-5-18(10)12-13(2,14)9(19)7(22-12)4-21-3;1-6-15-10-8(11(19)16-6)14-5-17(10)12-13(2,20)9(18)7(22-12)4-21-3;1-7-13-10(12)3-4-14(7)11-9(15)5-8(17-11)6-16-2/h7,9,11,13-14,20-21H,5-6H2,1-4H3,(H,17,18);6,8,10,12-13,20H,5H2,1-4H3,(H,17,18);6,8,10,12-13,19-20H,5H2,1-4H3,(H,16,17);5,7,9,12,19H,4H2,1-3H3,(H,16,17,20);5,7,9,12,18,20H,4H2,1-3H3,(H,15,16,19);3-4,8-9,11,15H,1,5-6H2,2H3,(H2,12,13)/t9-,11-,13?,14-,15-;2*8-,10-,12?,13-,14-;2*7-,9-,12-,13-;8-,9+,11+/m111110/s1. The molecule has 17 rings (SSSR count). The fourth-order valence-corrected chi connectivity index (χ4v) is 16.6. The molecule has 724 valence electrons. The molecular formula is C80H119F2N23O26. The molecule has 49 nitrogen and oxygen atoms in total. The van der Waals surface area contributed by atoms with Crippen molar-refractivity contribution in [2.45, 2.75) is 240 Å². The third-order valence-electron chi connectivity index (χ3n) is 23.2. The number of hydrogen-bond acceptors (Lipinski definition) is 42. The summed E-state index contributed by atoms with van der Waals surface area (Å²) in [5, 5.41) is 103. The lowest BCUT2D eigenvalue weighted by atomic mass is 9.96. The van der Waals surface area contributed by atoms with Crippen LogP contribution in [0.3, 0.4) is 0 Å². The number of aryl methyl sites for hydroxylation is 2. The first-order valence-corrected chi connectivity index (χ1v) is 41.7. The second kappa shape index (κ2) is 41.1. The minimum Gasteiger partial charge on any atom is -0.388 e. The first kappa shape index (κ1) is 100. The number of fused-ring (bicyclic) bond motifs is 5. The van der Waals surface area contributed by atoms with Gasteiger partial charge < -0.3 is 154 Å². The number of amidine groups is 4. The second-order valence-electron chi connectivity index (χ2n) is 33.3. The van der Waals surface area contributed by atoms with Gasteiger partial charge in [-0.3, -0.25) is 32.4 Å². The van der Waals surface area contributed by atoms with E-state index in [2.05, 4.69) is 87.4 Å². The van der Waals surface area contributed by atoms with Gasteiger partial charge in [-0.25, -0.2) is 63.6 Å². The Labute approximate surface area is 749 Å². The Morgan fingerprint density at radius 2 is 0.809 bits per heavy atom. The molecule has 16 N–H and O–H groups in total. The van der Waals surface area contributed by atoms with E-state index in [0.29, 0.717) is 95.0 Å². The number of H-pyrrole nitrogens is 2. The van der Waals surface area contributed by atoms with Gasteiger partial charge in [0.25, 0.3) is 11.1 Å². The summed E-state index contributed by atoms with van der Waals surface area (Å²) in [6, 6.07) is 0. The van der Waals surface area contributed by atoms with Crippen molar-refractivity contribution in [3.63, 3.8) is 0 Å². The summed E-state index contributed by atoms with van der Waals surface area (Å²) in [5.41, 5.74) is -1.37. The molecule has 0 amide bonds. The van der Waals surface area contributed by atoms with Crippen molar-refractivity contribution >= 4 is 63.1 Å². The Morgan fingerprint density at radius 1 is 0.481 bits per heavy atom. The number of rotatable bonds is 22. The topological polar surface area (TPSA) is 616 Å². The van der Waals surface area contributed by atoms with Crippen LogP contribution in [-0.4, -0.2) is 353 Å². The van der Waals surface area contributed by atoms with E-state index in [0.717, 1.165) is 0 Å². The fourth-order valence-electron chi connectivity index (χ4n) is 16.6. The number of nitrogens with two attached hydrogens (primary N) is 1. The first-order valence-electron chi connectivity index (χ1n) is 41.7.